The number of hydrogen-bond acceptors (Lipinski definition) is 6. The molecule has 1 radical (unpaired) electrons. The molecule has 0 atom stereocenters. The van der Waals surface area contributed by atoms with Crippen LogP contribution in [0.4, 0.5) is 0 Å². The second-order valence-electron chi connectivity index (χ2n) is 5.17. The first-order valence-electron chi connectivity index (χ1n) is 8.16. The fourth-order valence-corrected chi connectivity index (χ4v) is 8.80. The number of halogens is 1. The first-order chi connectivity index (χ1) is 12.0. The van der Waals surface area contributed by atoms with Crippen LogP contribution in [0.25, 0.3) is 0 Å². The fourth-order valence-electron chi connectivity index (χ4n) is 1.88. The van der Waals surface area contributed by atoms with Crippen molar-refractivity contribution >= 4 is 50.1 Å². The van der Waals surface area contributed by atoms with Crippen molar-refractivity contribution in [3.05, 3.63) is 38.0 Å². The van der Waals surface area contributed by atoms with Gasteiger partial charge in [0.15, 0.2) is 0 Å². The van der Waals surface area contributed by atoms with Gasteiger partial charge >= 0.3 is 157 Å². The minimum absolute atomic E-state index is 0. The molecule has 8 heteroatoms. The summed E-state index contributed by atoms with van der Waals surface area (Å²) >= 11 is -2.11. The van der Waals surface area contributed by atoms with Gasteiger partial charge in [-0.25, -0.2) is 0 Å². The molecular weight excluding hydrogens is 466 g/mol. The monoisotopic (exact) mass is 495 g/mol. The van der Waals surface area contributed by atoms with Crippen LogP contribution in [0.5, 0.6) is 0 Å². The molecule has 0 aliphatic carbocycles. The molecule has 0 aromatic rings. The predicted octanol–water partition coefficient (Wildman–Crippen LogP) is 3.26. The molecule has 6 nitrogen and oxygen atoms in total. The van der Waals surface area contributed by atoms with Crippen LogP contribution in [0.2, 0.25) is 13.3 Å². The van der Waals surface area contributed by atoms with E-state index in [2.05, 4.69) is 19.7 Å². The van der Waals surface area contributed by atoms with Crippen molar-refractivity contribution in [3.63, 3.8) is 0 Å². The summed E-state index contributed by atoms with van der Waals surface area (Å²) in [5, 5.41) is 0. The van der Waals surface area contributed by atoms with E-state index in [1.807, 2.05) is 0 Å². The number of esters is 3. The van der Waals surface area contributed by atoms with E-state index in [0.717, 1.165) is 13.3 Å². The van der Waals surface area contributed by atoms with Gasteiger partial charge in [0.05, 0.1) is 0 Å². The Bertz CT molecular complexity index is 400. The van der Waals surface area contributed by atoms with Crippen molar-refractivity contribution in [2.75, 3.05) is 19.8 Å². The average Bonchev–Trinajstić information content (AvgIpc) is 2.61. The van der Waals surface area contributed by atoms with Crippen LogP contribution in [-0.4, -0.2) is 57.5 Å². The smallest absolute Gasteiger partial charge is 0.147 e. The van der Waals surface area contributed by atoms with Gasteiger partial charge in [-0.05, 0) is 0 Å². The first-order valence-corrected chi connectivity index (χ1v) is 14.2. The Morgan fingerprint density at radius 3 is 1.15 bits per heavy atom. The molecule has 0 spiro atoms. The van der Waals surface area contributed by atoms with Gasteiger partial charge in [0.25, 0.3) is 0 Å². The molecule has 0 aliphatic heterocycles. The zero-order valence-corrected chi connectivity index (χ0v) is 18.7. The maximum Gasteiger partial charge on any atom is -0.147 e. The van der Waals surface area contributed by atoms with Gasteiger partial charge in [0.2, 0.25) is 0 Å². The molecular formula is C18H28ClO6Sn. The largest absolute Gasteiger partial charge is 0.147 e. The third kappa shape index (κ3) is 16.2. The average molecular weight is 495 g/mol. The zero-order chi connectivity index (χ0) is 18.9. The Morgan fingerprint density at radius 1 is 0.654 bits per heavy atom. The van der Waals surface area contributed by atoms with Crippen molar-refractivity contribution in [2.45, 2.75) is 32.6 Å². The van der Waals surface area contributed by atoms with Gasteiger partial charge in [-0.1, -0.05) is 0 Å². The Morgan fingerprint density at radius 2 is 0.923 bits per heavy atom. The summed E-state index contributed by atoms with van der Waals surface area (Å²) in [5.74, 6) is -0.829. The summed E-state index contributed by atoms with van der Waals surface area (Å²) in [6, 6.07) is 0. The van der Waals surface area contributed by atoms with E-state index < -0.39 is 19.8 Å². The Kier molecular flexibility index (Phi) is 19.2. The van der Waals surface area contributed by atoms with E-state index in [9.17, 15) is 14.4 Å². The van der Waals surface area contributed by atoms with Crippen LogP contribution in [-0.2, 0) is 28.6 Å². The number of carbonyl (C=O) groups excluding carboxylic acids is 3. The van der Waals surface area contributed by atoms with Gasteiger partial charge in [0.1, 0.15) is 0 Å². The summed E-state index contributed by atoms with van der Waals surface area (Å²) in [6.07, 6.45) is 5.48. The normalized spacial score (nSPS) is 9.58. The summed E-state index contributed by atoms with van der Waals surface area (Å²) in [7, 11) is 0. The van der Waals surface area contributed by atoms with Crippen molar-refractivity contribution in [1.82, 2.24) is 0 Å². The van der Waals surface area contributed by atoms with Gasteiger partial charge in [-0.3, -0.25) is 0 Å². The summed E-state index contributed by atoms with van der Waals surface area (Å²) in [5.41, 5.74) is 0. The molecule has 26 heavy (non-hydrogen) atoms. The van der Waals surface area contributed by atoms with Crippen LogP contribution in [0, 0.1) is 0 Å². The SMILES string of the molecule is C=CCOC(=O)C[CH2][Sn]([CH2]CC(=O)OCC=C)[CH2]CC(=O)OCC=C.Cl. The van der Waals surface area contributed by atoms with E-state index in [4.69, 9.17) is 14.2 Å². The quantitative estimate of drug-likeness (QED) is 0.151. The molecule has 0 N–H and O–H groups in total. The van der Waals surface area contributed by atoms with E-state index in [-0.39, 0.29) is 50.1 Å². The molecule has 0 aromatic carbocycles. The van der Waals surface area contributed by atoms with E-state index in [1.165, 1.54) is 18.2 Å². The number of hydrogen-bond donors (Lipinski definition) is 0. The molecule has 0 saturated heterocycles. The topological polar surface area (TPSA) is 78.9 Å². The zero-order valence-electron chi connectivity index (χ0n) is 15.1. The summed E-state index contributed by atoms with van der Waals surface area (Å²) < 4.78 is 17.1. The second-order valence-corrected chi connectivity index (χ2v) is 13.7. The molecule has 0 amide bonds. The van der Waals surface area contributed by atoms with Crippen LogP contribution < -0.4 is 0 Å². The molecule has 0 aromatic heterocycles. The molecule has 0 rings (SSSR count). The number of ether oxygens (including phenoxy) is 3. The molecule has 0 fully saturated rings. The Labute approximate surface area is 168 Å². The minimum Gasteiger partial charge on any atom is -0.147 e. The third-order valence-corrected chi connectivity index (χ3v) is 11.3. The molecule has 0 bridgehead atoms. The van der Waals surface area contributed by atoms with E-state index >= 15 is 0 Å². The molecule has 0 aliphatic rings. The Hall–Kier alpha value is -1.28. The van der Waals surface area contributed by atoms with Crippen molar-refractivity contribution in [1.29, 1.82) is 0 Å². The van der Waals surface area contributed by atoms with Crippen LogP contribution in [0.3, 0.4) is 0 Å². The molecule has 0 saturated carbocycles. The van der Waals surface area contributed by atoms with Gasteiger partial charge in [-0.2, -0.15) is 0 Å². The maximum absolute atomic E-state index is 11.6. The molecule has 0 unspecified atom stereocenters. The van der Waals surface area contributed by atoms with Crippen molar-refractivity contribution in [2.24, 2.45) is 0 Å². The fraction of sp³-hybridized carbons (Fsp3) is 0.500. The summed E-state index contributed by atoms with van der Waals surface area (Å²) in [6.45, 7) is 11.1. The third-order valence-electron chi connectivity index (χ3n) is 3.13. The maximum atomic E-state index is 11.6. The van der Waals surface area contributed by atoms with Gasteiger partial charge in [-0.15, -0.1) is 12.4 Å². The predicted molar refractivity (Wildman–Crippen MR) is 105 cm³/mol. The molecule has 147 valence electrons. The van der Waals surface area contributed by atoms with Crippen LogP contribution >= 0.6 is 12.4 Å². The number of rotatable bonds is 15. The standard InChI is InChI=1S/3C6H9O2.ClH.Sn/c3*1-3-5-8-6(7)4-2;;/h3*3H,1-2,4-5H2;1H;. The Balaban J connectivity index is 0. The summed E-state index contributed by atoms with van der Waals surface area (Å²) in [4.78, 5) is 34.9. The van der Waals surface area contributed by atoms with Crippen LogP contribution in [0.15, 0.2) is 38.0 Å². The molecule has 0 heterocycles. The second kappa shape index (κ2) is 18.5. The van der Waals surface area contributed by atoms with E-state index in [0.29, 0.717) is 19.3 Å². The van der Waals surface area contributed by atoms with Crippen LogP contribution in [0.1, 0.15) is 19.3 Å². The van der Waals surface area contributed by atoms with Gasteiger partial charge in [0, 0.05) is 0 Å². The minimum atomic E-state index is -2.11. The number of carbonyl (C=O) groups is 3. The van der Waals surface area contributed by atoms with E-state index in [1.54, 1.807) is 0 Å². The van der Waals surface area contributed by atoms with Gasteiger partial charge < -0.3 is 0 Å². The van der Waals surface area contributed by atoms with Crippen molar-refractivity contribution in [3.8, 4) is 0 Å². The van der Waals surface area contributed by atoms with Crippen molar-refractivity contribution < 1.29 is 28.6 Å². The first kappa shape index (κ1) is 26.9.